The zero-order valence-corrected chi connectivity index (χ0v) is 11.0. The summed E-state index contributed by atoms with van der Waals surface area (Å²) in [5.41, 5.74) is -0.0929. The standard InChI is InChI=1S/C14H16FN3O2/c15-12-3-1-2-4-13(12)20-11-9-17(10-11)7-8-18-6-5-16-14(18)19/h1-6,11H,7-10H2,(H,16,19). The van der Waals surface area contributed by atoms with Crippen molar-refractivity contribution >= 4 is 0 Å². The lowest BCUT2D eigenvalue weighted by molar-refractivity contribution is 0.0156. The number of nitrogens with one attached hydrogen (secondary N) is 1. The quantitative estimate of drug-likeness (QED) is 0.889. The predicted molar refractivity (Wildman–Crippen MR) is 72.3 cm³/mol. The average Bonchev–Trinajstić information content (AvgIpc) is 2.80. The normalized spacial score (nSPS) is 16.1. The Morgan fingerprint density at radius 3 is 2.80 bits per heavy atom. The van der Waals surface area contributed by atoms with Crippen molar-refractivity contribution in [2.45, 2.75) is 12.6 Å². The molecule has 1 N–H and O–H groups in total. The maximum atomic E-state index is 13.4. The molecule has 20 heavy (non-hydrogen) atoms. The van der Waals surface area contributed by atoms with Gasteiger partial charge in [-0.1, -0.05) is 12.1 Å². The first kappa shape index (κ1) is 12.9. The molecular weight excluding hydrogens is 261 g/mol. The van der Waals surface area contributed by atoms with Gasteiger partial charge in [0, 0.05) is 38.6 Å². The van der Waals surface area contributed by atoms with E-state index in [1.54, 1.807) is 35.2 Å². The molecule has 0 radical (unpaired) electrons. The number of halogens is 1. The molecule has 106 valence electrons. The third-order valence-electron chi connectivity index (χ3n) is 3.43. The first-order valence-corrected chi connectivity index (χ1v) is 6.60. The highest BCUT2D eigenvalue weighted by atomic mass is 19.1. The highest BCUT2D eigenvalue weighted by Gasteiger charge is 2.28. The Morgan fingerprint density at radius 2 is 2.10 bits per heavy atom. The summed E-state index contributed by atoms with van der Waals surface area (Å²) >= 11 is 0. The van der Waals surface area contributed by atoms with Crippen LogP contribution in [0, 0.1) is 5.82 Å². The van der Waals surface area contributed by atoms with Crippen molar-refractivity contribution in [3.63, 3.8) is 0 Å². The number of nitrogens with zero attached hydrogens (tertiary/aromatic N) is 2. The second-order valence-corrected chi connectivity index (χ2v) is 4.89. The molecule has 5 nitrogen and oxygen atoms in total. The zero-order valence-electron chi connectivity index (χ0n) is 11.0. The van der Waals surface area contributed by atoms with Gasteiger partial charge in [-0.2, -0.15) is 0 Å². The van der Waals surface area contributed by atoms with Crippen molar-refractivity contribution in [2.75, 3.05) is 19.6 Å². The van der Waals surface area contributed by atoms with Gasteiger partial charge in [-0.25, -0.2) is 9.18 Å². The maximum absolute atomic E-state index is 13.4. The molecule has 1 aliphatic heterocycles. The van der Waals surface area contributed by atoms with Crippen LogP contribution in [-0.4, -0.2) is 40.2 Å². The number of hydrogen-bond donors (Lipinski definition) is 1. The smallest absolute Gasteiger partial charge is 0.325 e. The molecule has 0 aliphatic carbocycles. The summed E-state index contributed by atoms with van der Waals surface area (Å²) in [6.45, 7) is 2.95. The Kier molecular flexibility index (Phi) is 3.56. The molecular formula is C14H16FN3O2. The van der Waals surface area contributed by atoms with Crippen LogP contribution in [0.4, 0.5) is 4.39 Å². The van der Waals surface area contributed by atoms with Gasteiger partial charge in [0.25, 0.3) is 0 Å². The Labute approximate surface area is 115 Å². The fourth-order valence-electron chi connectivity index (χ4n) is 2.27. The van der Waals surface area contributed by atoms with E-state index in [0.717, 1.165) is 19.6 Å². The number of hydrogen-bond acceptors (Lipinski definition) is 3. The van der Waals surface area contributed by atoms with Crippen molar-refractivity contribution in [3.05, 3.63) is 53.0 Å². The van der Waals surface area contributed by atoms with Gasteiger partial charge in [-0.3, -0.25) is 9.47 Å². The van der Waals surface area contributed by atoms with Crippen molar-refractivity contribution in [1.29, 1.82) is 0 Å². The monoisotopic (exact) mass is 277 g/mol. The molecule has 1 saturated heterocycles. The van der Waals surface area contributed by atoms with Gasteiger partial charge in [-0.15, -0.1) is 0 Å². The molecule has 0 saturated carbocycles. The molecule has 3 rings (SSSR count). The van der Waals surface area contributed by atoms with E-state index in [-0.39, 0.29) is 17.6 Å². The van der Waals surface area contributed by atoms with Crippen LogP contribution < -0.4 is 10.4 Å². The number of H-pyrrole nitrogens is 1. The predicted octanol–water partition coefficient (Wildman–Crippen LogP) is 1.08. The van der Waals surface area contributed by atoms with Crippen LogP contribution in [0.2, 0.25) is 0 Å². The first-order chi connectivity index (χ1) is 9.72. The summed E-state index contributed by atoms with van der Waals surface area (Å²) in [5.74, 6) is -0.0242. The zero-order chi connectivity index (χ0) is 13.9. The molecule has 0 atom stereocenters. The van der Waals surface area contributed by atoms with E-state index in [1.807, 2.05) is 0 Å². The number of ether oxygens (including phenoxy) is 1. The molecule has 1 aromatic carbocycles. The van der Waals surface area contributed by atoms with E-state index in [9.17, 15) is 9.18 Å². The molecule has 6 heteroatoms. The molecule has 2 heterocycles. The Hall–Kier alpha value is -2.08. The average molecular weight is 277 g/mol. The van der Waals surface area contributed by atoms with Crippen molar-refractivity contribution in [3.8, 4) is 5.75 Å². The molecule has 0 amide bonds. The van der Waals surface area contributed by atoms with Crippen molar-refractivity contribution in [1.82, 2.24) is 14.5 Å². The van der Waals surface area contributed by atoms with Crippen molar-refractivity contribution in [2.24, 2.45) is 0 Å². The van der Waals surface area contributed by atoms with Crippen LogP contribution in [0.25, 0.3) is 0 Å². The fourth-order valence-corrected chi connectivity index (χ4v) is 2.27. The minimum atomic E-state index is -0.329. The highest BCUT2D eigenvalue weighted by Crippen LogP contribution is 2.20. The van der Waals surface area contributed by atoms with E-state index >= 15 is 0 Å². The van der Waals surface area contributed by atoms with Gasteiger partial charge >= 0.3 is 5.69 Å². The molecule has 0 spiro atoms. The Morgan fingerprint density at radius 1 is 1.30 bits per heavy atom. The number of likely N-dealkylation sites (tertiary alicyclic amines) is 1. The summed E-state index contributed by atoms with van der Waals surface area (Å²) in [6.07, 6.45) is 3.38. The number of aromatic amines is 1. The molecule has 1 aliphatic rings. The SMILES string of the molecule is O=c1[nH]ccn1CCN1CC(Oc2ccccc2F)C1. The van der Waals surface area contributed by atoms with Gasteiger partial charge in [0.2, 0.25) is 0 Å². The lowest BCUT2D eigenvalue weighted by Crippen LogP contribution is -2.54. The lowest BCUT2D eigenvalue weighted by Gasteiger charge is -2.38. The van der Waals surface area contributed by atoms with E-state index < -0.39 is 0 Å². The number of benzene rings is 1. The van der Waals surface area contributed by atoms with Gasteiger partial charge in [0.15, 0.2) is 11.6 Å². The molecule has 1 fully saturated rings. The third-order valence-corrected chi connectivity index (χ3v) is 3.43. The minimum Gasteiger partial charge on any atom is -0.485 e. The van der Waals surface area contributed by atoms with E-state index in [1.165, 1.54) is 6.07 Å². The van der Waals surface area contributed by atoms with Gasteiger partial charge in [0.05, 0.1) is 0 Å². The summed E-state index contributed by atoms with van der Waals surface area (Å²) in [4.78, 5) is 16.1. The largest absolute Gasteiger partial charge is 0.485 e. The van der Waals surface area contributed by atoms with Crippen LogP contribution in [0.3, 0.4) is 0 Å². The summed E-state index contributed by atoms with van der Waals surface area (Å²) < 4.78 is 20.6. The molecule has 1 aromatic heterocycles. The minimum absolute atomic E-state index is 0.0230. The van der Waals surface area contributed by atoms with E-state index in [2.05, 4.69) is 9.88 Å². The Bertz CT molecular complexity index is 631. The highest BCUT2D eigenvalue weighted by molar-refractivity contribution is 5.24. The second kappa shape index (κ2) is 5.50. The van der Waals surface area contributed by atoms with Crippen LogP contribution >= 0.6 is 0 Å². The number of rotatable bonds is 5. The van der Waals surface area contributed by atoms with Gasteiger partial charge in [-0.05, 0) is 12.1 Å². The van der Waals surface area contributed by atoms with Gasteiger partial charge < -0.3 is 9.72 Å². The number of para-hydroxylation sites is 1. The number of aromatic nitrogens is 2. The lowest BCUT2D eigenvalue weighted by atomic mass is 10.1. The fraction of sp³-hybridized carbons (Fsp3) is 0.357. The van der Waals surface area contributed by atoms with E-state index in [0.29, 0.717) is 12.3 Å². The molecule has 0 unspecified atom stereocenters. The van der Waals surface area contributed by atoms with Crippen molar-refractivity contribution < 1.29 is 9.13 Å². The second-order valence-electron chi connectivity index (χ2n) is 4.89. The van der Waals surface area contributed by atoms with Crippen LogP contribution in [0.5, 0.6) is 5.75 Å². The third kappa shape index (κ3) is 2.75. The first-order valence-electron chi connectivity index (χ1n) is 6.60. The summed E-state index contributed by atoms with van der Waals surface area (Å²) in [5, 5.41) is 0. The number of imidazole rings is 1. The summed E-state index contributed by atoms with van der Waals surface area (Å²) in [6, 6.07) is 6.43. The Balaban J connectivity index is 1.44. The molecule has 2 aromatic rings. The van der Waals surface area contributed by atoms with Crippen LogP contribution in [-0.2, 0) is 6.54 Å². The van der Waals surface area contributed by atoms with Crippen LogP contribution in [0.1, 0.15) is 0 Å². The maximum Gasteiger partial charge on any atom is 0.325 e. The summed E-state index contributed by atoms with van der Waals surface area (Å²) in [7, 11) is 0. The molecule has 0 bridgehead atoms. The van der Waals surface area contributed by atoms with Gasteiger partial charge in [0.1, 0.15) is 6.10 Å². The van der Waals surface area contributed by atoms with E-state index in [4.69, 9.17) is 4.74 Å². The topological polar surface area (TPSA) is 50.3 Å². The van der Waals surface area contributed by atoms with Crippen LogP contribution in [0.15, 0.2) is 41.5 Å².